The van der Waals surface area contributed by atoms with E-state index in [2.05, 4.69) is 20.6 Å². The van der Waals surface area contributed by atoms with Crippen LogP contribution in [0.25, 0.3) is 5.69 Å². The molecule has 0 aliphatic rings. The highest BCUT2D eigenvalue weighted by Gasteiger charge is 2.13. The maximum Gasteiger partial charge on any atom is 0.235 e. The van der Waals surface area contributed by atoms with Crippen molar-refractivity contribution in [2.75, 3.05) is 18.2 Å². The van der Waals surface area contributed by atoms with Crippen molar-refractivity contribution in [1.29, 1.82) is 0 Å². The minimum atomic E-state index is -0.136. The van der Waals surface area contributed by atoms with Gasteiger partial charge in [0.2, 0.25) is 5.91 Å². The molecular formula is C22H22N6O2S. The van der Waals surface area contributed by atoms with Crippen LogP contribution in [0, 0.1) is 6.92 Å². The van der Waals surface area contributed by atoms with Crippen LogP contribution in [0.5, 0.6) is 5.75 Å². The molecule has 0 radical (unpaired) electrons. The number of ether oxygens (including phenoxy) is 1. The van der Waals surface area contributed by atoms with E-state index in [0.717, 1.165) is 22.7 Å². The second kappa shape index (κ2) is 9.48. The highest BCUT2D eigenvalue weighted by molar-refractivity contribution is 7.99. The van der Waals surface area contributed by atoms with E-state index in [1.807, 2.05) is 72.2 Å². The highest BCUT2D eigenvalue weighted by Crippen LogP contribution is 2.22. The Bertz CT molecular complexity index is 1150. The van der Waals surface area contributed by atoms with Gasteiger partial charge in [-0.05, 0) is 36.8 Å². The molecule has 31 heavy (non-hydrogen) atoms. The van der Waals surface area contributed by atoms with Crippen LogP contribution in [0.1, 0.15) is 11.3 Å². The zero-order valence-corrected chi connectivity index (χ0v) is 18.0. The molecule has 0 atom stereocenters. The molecule has 0 unspecified atom stereocenters. The number of carbonyl (C=O) groups is 1. The molecule has 0 aliphatic heterocycles. The molecular weight excluding hydrogens is 412 g/mol. The lowest BCUT2D eigenvalue weighted by Gasteiger charge is -2.10. The lowest BCUT2D eigenvalue weighted by atomic mass is 10.2. The van der Waals surface area contributed by atoms with Crippen molar-refractivity contribution in [2.24, 2.45) is 0 Å². The average Bonchev–Trinajstić information content (AvgIpc) is 3.39. The van der Waals surface area contributed by atoms with E-state index in [9.17, 15) is 4.79 Å². The van der Waals surface area contributed by atoms with Crippen LogP contribution in [0.3, 0.4) is 0 Å². The third-order valence-electron chi connectivity index (χ3n) is 4.54. The van der Waals surface area contributed by atoms with Crippen LogP contribution in [-0.4, -0.2) is 43.3 Å². The molecule has 2 aromatic carbocycles. The summed E-state index contributed by atoms with van der Waals surface area (Å²) in [5, 5.41) is 16.2. The summed E-state index contributed by atoms with van der Waals surface area (Å²) in [6.45, 7) is 2.49. The van der Waals surface area contributed by atoms with Crippen molar-refractivity contribution in [3.8, 4) is 11.4 Å². The second-order valence-electron chi connectivity index (χ2n) is 6.83. The normalized spacial score (nSPS) is 10.8. The van der Waals surface area contributed by atoms with Crippen molar-refractivity contribution in [2.45, 2.75) is 18.6 Å². The summed E-state index contributed by atoms with van der Waals surface area (Å²) >= 11 is 1.32. The molecule has 0 spiro atoms. The molecule has 158 valence electrons. The van der Waals surface area contributed by atoms with Gasteiger partial charge in [0.25, 0.3) is 0 Å². The number of thioether (sulfide) groups is 1. The zero-order valence-electron chi connectivity index (χ0n) is 17.2. The number of hydrogen-bond acceptors (Lipinski definition) is 6. The van der Waals surface area contributed by atoms with Gasteiger partial charge in [-0.2, -0.15) is 5.10 Å². The first kappa shape index (κ1) is 20.7. The van der Waals surface area contributed by atoms with Gasteiger partial charge < -0.3 is 10.1 Å². The predicted octanol–water partition coefficient (Wildman–Crippen LogP) is 3.56. The highest BCUT2D eigenvalue weighted by atomic mass is 32.2. The Morgan fingerprint density at radius 1 is 1.13 bits per heavy atom. The number of nitrogens with one attached hydrogen (secondary N) is 1. The summed E-state index contributed by atoms with van der Waals surface area (Å²) in [6.07, 6.45) is 1.63. The van der Waals surface area contributed by atoms with Gasteiger partial charge in [-0.15, -0.1) is 10.2 Å². The maximum atomic E-state index is 12.6. The third kappa shape index (κ3) is 5.13. The quantitative estimate of drug-likeness (QED) is 0.427. The van der Waals surface area contributed by atoms with Gasteiger partial charge in [-0.1, -0.05) is 42.1 Å². The molecule has 2 heterocycles. The monoisotopic (exact) mass is 434 g/mol. The molecule has 0 saturated carbocycles. The van der Waals surface area contributed by atoms with Crippen LogP contribution >= 0.6 is 11.8 Å². The van der Waals surface area contributed by atoms with E-state index >= 15 is 0 Å². The van der Waals surface area contributed by atoms with Gasteiger partial charge in [0.05, 0.1) is 25.1 Å². The van der Waals surface area contributed by atoms with Gasteiger partial charge >= 0.3 is 0 Å². The number of nitrogens with zero attached hydrogens (tertiary/aromatic N) is 5. The lowest BCUT2D eigenvalue weighted by Crippen LogP contribution is -2.18. The Balaban J connectivity index is 1.40. The minimum absolute atomic E-state index is 0.136. The van der Waals surface area contributed by atoms with Crippen LogP contribution in [-0.2, 0) is 11.3 Å². The summed E-state index contributed by atoms with van der Waals surface area (Å²) < 4.78 is 8.83. The maximum absolute atomic E-state index is 12.6. The van der Waals surface area contributed by atoms with Crippen molar-refractivity contribution in [3.63, 3.8) is 0 Å². The average molecular weight is 435 g/mol. The Morgan fingerprint density at radius 3 is 2.65 bits per heavy atom. The Kier molecular flexibility index (Phi) is 6.32. The van der Waals surface area contributed by atoms with Gasteiger partial charge in [-0.3, -0.25) is 9.36 Å². The largest absolute Gasteiger partial charge is 0.497 e. The molecule has 0 saturated heterocycles. The number of carbonyl (C=O) groups excluding carboxylic acids is 1. The van der Waals surface area contributed by atoms with E-state index in [1.54, 1.807) is 18.1 Å². The van der Waals surface area contributed by atoms with Gasteiger partial charge in [0.1, 0.15) is 17.9 Å². The second-order valence-corrected chi connectivity index (χ2v) is 7.78. The zero-order chi connectivity index (χ0) is 21.6. The molecule has 0 fully saturated rings. The molecule has 2 aromatic heterocycles. The molecule has 0 aliphatic carbocycles. The topological polar surface area (TPSA) is 86.9 Å². The number of benzene rings is 2. The smallest absolute Gasteiger partial charge is 0.235 e. The van der Waals surface area contributed by atoms with E-state index < -0.39 is 0 Å². The van der Waals surface area contributed by atoms with Crippen molar-refractivity contribution < 1.29 is 9.53 Å². The van der Waals surface area contributed by atoms with Crippen LogP contribution < -0.4 is 10.1 Å². The van der Waals surface area contributed by atoms with E-state index in [1.165, 1.54) is 11.8 Å². The number of anilines is 1. The number of aryl methyl sites for hydroxylation is 1. The number of aromatic nitrogens is 5. The number of rotatable bonds is 8. The summed E-state index contributed by atoms with van der Waals surface area (Å²) in [5.41, 5.74) is 2.85. The fraction of sp³-hybridized carbons (Fsp3) is 0.182. The van der Waals surface area contributed by atoms with Crippen LogP contribution in [0.15, 0.2) is 72.1 Å². The van der Waals surface area contributed by atoms with Gasteiger partial charge in [0.15, 0.2) is 5.16 Å². The molecule has 4 rings (SSSR count). The first-order valence-corrected chi connectivity index (χ1v) is 10.7. The first-order valence-electron chi connectivity index (χ1n) is 9.68. The van der Waals surface area contributed by atoms with Gasteiger partial charge in [0, 0.05) is 11.8 Å². The van der Waals surface area contributed by atoms with Crippen molar-refractivity contribution in [1.82, 2.24) is 24.5 Å². The Labute approximate surface area is 184 Å². The third-order valence-corrected chi connectivity index (χ3v) is 5.49. The standard InChI is InChI=1S/C22H22N6O2S/c1-16-12-20(28(26-16)13-17-6-4-3-5-7-17)24-21(29)14-31-22-25-23-15-27(22)18-8-10-19(30-2)11-9-18/h3-12,15H,13-14H2,1-2H3,(H,24,29). The van der Waals surface area contributed by atoms with Crippen molar-refractivity contribution >= 4 is 23.5 Å². The molecule has 1 amide bonds. The summed E-state index contributed by atoms with van der Waals surface area (Å²) in [6, 6.07) is 19.4. The number of amides is 1. The van der Waals surface area contributed by atoms with E-state index in [4.69, 9.17) is 4.74 Å². The summed E-state index contributed by atoms with van der Waals surface area (Å²) in [5.74, 6) is 1.50. The van der Waals surface area contributed by atoms with E-state index in [-0.39, 0.29) is 11.7 Å². The molecule has 9 heteroatoms. The summed E-state index contributed by atoms with van der Waals surface area (Å²) in [7, 11) is 1.63. The fourth-order valence-electron chi connectivity index (χ4n) is 3.07. The molecule has 4 aromatic rings. The lowest BCUT2D eigenvalue weighted by molar-refractivity contribution is -0.113. The Morgan fingerprint density at radius 2 is 1.90 bits per heavy atom. The van der Waals surface area contributed by atoms with Crippen LogP contribution in [0.4, 0.5) is 5.82 Å². The van der Waals surface area contributed by atoms with E-state index in [0.29, 0.717) is 17.5 Å². The number of hydrogen-bond donors (Lipinski definition) is 1. The SMILES string of the molecule is COc1ccc(-n2cnnc2SCC(=O)Nc2cc(C)nn2Cc2ccccc2)cc1. The predicted molar refractivity (Wildman–Crippen MR) is 120 cm³/mol. The molecule has 1 N–H and O–H groups in total. The summed E-state index contributed by atoms with van der Waals surface area (Å²) in [4.78, 5) is 12.6. The van der Waals surface area contributed by atoms with Gasteiger partial charge in [-0.25, -0.2) is 4.68 Å². The first-order chi connectivity index (χ1) is 15.1. The number of methoxy groups -OCH3 is 1. The molecule has 0 bridgehead atoms. The fourth-order valence-corrected chi connectivity index (χ4v) is 3.80. The van der Waals surface area contributed by atoms with Crippen LogP contribution in [0.2, 0.25) is 0 Å². The Hall–Kier alpha value is -3.59. The van der Waals surface area contributed by atoms with Crippen molar-refractivity contribution in [3.05, 3.63) is 78.2 Å². The molecule has 8 nitrogen and oxygen atoms in total. The minimum Gasteiger partial charge on any atom is -0.497 e.